The van der Waals surface area contributed by atoms with Crippen LogP contribution in [0.15, 0.2) is 60.7 Å². The van der Waals surface area contributed by atoms with E-state index in [2.05, 4.69) is 71.1 Å². The van der Waals surface area contributed by atoms with E-state index in [1.807, 2.05) is 10.7 Å². The van der Waals surface area contributed by atoms with Crippen LogP contribution >= 0.6 is 12.2 Å². The first kappa shape index (κ1) is 19.8. The van der Waals surface area contributed by atoms with Crippen LogP contribution in [0.4, 0.5) is 5.95 Å². The fourth-order valence-electron chi connectivity index (χ4n) is 3.69. The van der Waals surface area contributed by atoms with Crippen molar-refractivity contribution in [2.45, 2.75) is 19.8 Å². The summed E-state index contributed by atoms with van der Waals surface area (Å²) >= 11 is 5.86. The highest BCUT2D eigenvalue weighted by molar-refractivity contribution is 7.71. The first-order valence-electron chi connectivity index (χ1n) is 10.1. The predicted octanol–water partition coefficient (Wildman–Crippen LogP) is 1.97. The Kier molecular flexibility index (Phi) is 6.39. The van der Waals surface area contributed by atoms with Crippen molar-refractivity contribution in [2.75, 3.05) is 38.3 Å². The van der Waals surface area contributed by atoms with E-state index in [1.54, 1.807) is 0 Å². The van der Waals surface area contributed by atoms with Gasteiger partial charge in [0.2, 0.25) is 10.7 Å². The van der Waals surface area contributed by atoms with Crippen LogP contribution in [-0.4, -0.2) is 47.7 Å². The van der Waals surface area contributed by atoms with Gasteiger partial charge in [-0.25, -0.2) is 0 Å². The summed E-state index contributed by atoms with van der Waals surface area (Å²) in [6, 6.07) is 21.0. The standard InChI is InChI=1S/C22H27N5OS/c1-24(16-19-8-4-2-5-9-19)18-27-22(29)26(17-20-10-6-3-7-11-20)21(23-27)25-12-14-28-15-13-25/h2-11H,12-18H2,1H3/p+1. The summed E-state index contributed by atoms with van der Waals surface area (Å²) < 4.78 is 10.4. The van der Waals surface area contributed by atoms with E-state index in [4.69, 9.17) is 22.1 Å². The van der Waals surface area contributed by atoms with Crippen molar-refractivity contribution < 1.29 is 9.64 Å². The molecule has 1 aliphatic rings. The average molecular weight is 411 g/mol. The number of nitrogens with zero attached hydrogens (tertiary/aromatic N) is 4. The van der Waals surface area contributed by atoms with Gasteiger partial charge in [-0.15, -0.1) is 5.10 Å². The lowest BCUT2D eigenvalue weighted by Gasteiger charge is -2.27. The Morgan fingerprint density at radius 2 is 1.59 bits per heavy atom. The summed E-state index contributed by atoms with van der Waals surface area (Å²) in [4.78, 5) is 3.62. The molecule has 0 radical (unpaired) electrons. The smallest absolute Gasteiger partial charge is 0.226 e. The number of anilines is 1. The maximum absolute atomic E-state index is 5.86. The molecule has 0 aliphatic carbocycles. The maximum Gasteiger partial charge on any atom is 0.226 e. The lowest BCUT2D eigenvalue weighted by Crippen LogP contribution is -3.07. The molecule has 0 amide bonds. The van der Waals surface area contributed by atoms with Gasteiger partial charge in [-0.3, -0.25) is 4.57 Å². The van der Waals surface area contributed by atoms with E-state index in [9.17, 15) is 0 Å². The van der Waals surface area contributed by atoms with E-state index in [-0.39, 0.29) is 0 Å². The van der Waals surface area contributed by atoms with Gasteiger partial charge in [-0.2, -0.15) is 4.68 Å². The third kappa shape index (κ3) is 4.93. The molecule has 2 aromatic carbocycles. The van der Waals surface area contributed by atoms with Crippen molar-refractivity contribution in [1.82, 2.24) is 14.3 Å². The van der Waals surface area contributed by atoms with E-state index < -0.39 is 0 Å². The minimum Gasteiger partial charge on any atom is -0.378 e. The Morgan fingerprint density at radius 1 is 0.966 bits per heavy atom. The molecule has 1 fully saturated rings. The Balaban J connectivity index is 1.59. The molecule has 0 spiro atoms. The summed E-state index contributed by atoms with van der Waals surface area (Å²) in [7, 11) is 2.18. The van der Waals surface area contributed by atoms with Crippen molar-refractivity contribution >= 4 is 18.2 Å². The van der Waals surface area contributed by atoms with E-state index in [0.29, 0.717) is 0 Å². The zero-order valence-electron chi connectivity index (χ0n) is 16.8. The van der Waals surface area contributed by atoms with Gasteiger partial charge in [0.1, 0.15) is 6.54 Å². The molecule has 1 aliphatic heterocycles. The molecule has 0 bridgehead atoms. The number of benzene rings is 2. The molecular formula is C22H28N5OS+. The molecule has 7 heteroatoms. The predicted molar refractivity (Wildman–Crippen MR) is 117 cm³/mol. The number of aromatic nitrogens is 3. The summed E-state index contributed by atoms with van der Waals surface area (Å²) in [6.45, 7) is 5.52. The van der Waals surface area contributed by atoms with Crippen LogP contribution < -0.4 is 9.80 Å². The van der Waals surface area contributed by atoms with Crippen LogP contribution in [0, 0.1) is 4.77 Å². The van der Waals surface area contributed by atoms with Crippen molar-refractivity contribution in [2.24, 2.45) is 0 Å². The summed E-state index contributed by atoms with van der Waals surface area (Å²) in [5, 5.41) is 4.94. The van der Waals surface area contributed by atoms with Crippen molar-refractivity contribution in [1.29, 1.82) is 0 Å². The first-order chi connectivity index (χ1) is 14.2. The molecule has 1 saturated heterocycles. The van der Waals surface area contributed by atoms with Gasteiger partial charge in [0.15, 0.2) is 6.67 Å². The van der Waals surface area contributed by atoms with Gasteiger partial charge < -0.3 is 14.5 Å². The molecule has 6 nitrogen and oxygen atoms in total. The second kappa shape index (κ2) is 9.35. The third-order valence-corrected chi connectivity index (χ3v) is 5.58. The highest BCUT2D eigenvalue weighted by Crippen LogP contribution is 2.17. The van der Waals surface area contributed by atoms with Crippen LogP contribution in [0.2, 0.25) is 0 Å². The molecule has 3 aromatic rings. The molecule has 4 rings (SSSR count). The summed E-state index contributed by atoms with van der Waals surface area (Å²) in [5.74, 6) is 0.940. The Bertz CT molecular complexity index is 964. The zero-order chi connectivity index (χ0) is 20.1. The maximum atomic E-state index is 5.86. The second-order valence-electron chi connectivity index (χ2n) is 7.53. The van der Waals surface area contributed by atoms with Crippen LogP contribution in [0.3, 0.4) is 0 Å². The highest BCUT2D eigenvalue weighted by atomic mass is 32.1. The van der Waals surface area contributed by atoms with Crippen LogP contribution in [0.25, 0.3) is 0 Å². The van der Waals surface area contributed by atoms with Crippen LogP contribution in [0.1, 0.15) is 11.1 Å². The fraction of sp³-hybridized carbons (Fsp3) is 0.364. The zero-order valence-corrected chi connectivity index (χ0v) is 17.6. The molecule has 1 N–H and O–H groups in total. The minimum absolute atomic E-state index is 0.726. The van der Waals surface area contributed by atoms with Crippen molar-refractivity contribution in [3.05, 3.63) is 76.6 Å². The molecule has 1 atom stereocenters. The number of hydrogen-bond donors (Lipinski definition) is 1. The Labute approximate surface area is 176 Å². The van der Waals surface area contributed by atoms with Gasteiger partial charge in [0.25, 0.3) is 0 Å². The minimum atomic E-state index is 0.726. The summed E-state index contributed by atoms with van der Waals surface area (Å²) in [6.07, 6.45) is 0. The SMILES string of the molecule is C[NH+](Cc1ccccc1)Cn1nc(N2CCOCC2)n(Cc2ccccc2)c1=S. The van der Waals surface area contributed by atoms with Gasteiger partial charge in [0, 0.05) is 18.7 Å². The number of rotatable bonds is 7. The normalized spacial score (nSPS) is 15.4. The Hall–Kier alpha value is -2.48. The average Bonchev–Trinajstić information content (AvgIpc) is 3.05. The number of morpholine rings is 1. The first-order valence-corrected chi connectivity index (χ1v) is 10.5. The monoisotopic (exact) mass is 410 g/mol. The lowest BCUT2D eigenvalue weighted by molar-refractivity contribution is -0.917. The largest absolute Gasteiger partial charge is 0.378 e. The fourth-order valence-corrected chi connectivity index (χ4v) is 3.94. The van der Waals surface area contributed by atoms with Crippen LogP contribution in [0.5, 0.6) is 0 Å². The molecule has 29 heavy (non-hydrogen) atoms. The molecular weight excluding hydrogens is 382 g/mol. The van der Waals surface area contributed by atoms with E-state index in [0.717, 1.165) is 56.8 Å². The van der Waals surface area contributed by atoms with E-state index in [1.165, 1.54) is 16.0 Å². The molecule has 2 heterocycles. The quantitative estimate of drug-likeness (QED) is 0.605. The number of quaternary nitrogens is 1. The molecule has 1 unspecified atom stereocenters. The third-order valence-electron chi connectivity index (χ3n) is 5.15. The molecule has 152 valence electrons. The highest BCUT2D eigenvalue weighted by Gasteiger charge is 2.21. The molecule has 0 saturated carbocycles. The molecule has 1 aromatic heterocycles. The Morgan fingerprint density at radius 3 is 2.24 bits per heavy atom. The van der Waals surface area contributed by atoms with Gasteiger partial charge in [-0.1, -0.05) is 60.7 Å². The van der Waals surface area contributed by atoms with Gasteiger partial charge >= 0.3 is 0 Å². The lowest BCUT2D eigenvalue weighted by atomic mass is 10.2. The van der Waals surface area contributed by atoms with Crippen molar-refractivity contribution in [3.8, 4) is 0 Å². The number of nitrogens with one attached hydrogen (secondary N) is 1. The van der Waals surface area contributed by atoms with Crippen molar-refractivity contribution in [3.63, 3.8) is 0 Å². The van der Waals surface area contributed by atoms with E-state index >= 15 is 0 Å². The number of hydrogen-bond acceptors (Lipinski definition) is 4. The summed E-state index contributed by atoms with van der Waals surface area (Å²) in [5.41, 5.74) is 2.54. The van der Waals surface area contributed by atoms with Gasteiger partial charge in [-0.05, 0) is 17.8 Å². The van der Waals surface area contributed by atoms with Gasteiger partial charge in [0.05, 0.1) is 26.8 Å². The second-order valence-corrected chi connectivity index (χ2v) is 7.90. The topological polar surface area (TPSA) is 39.7 Å². The van der Waals surface area contributed by atoms with Crippen LogP contribution in [-0.2, 0) is 24.5 Å². The number of ether oxygens (including phenoxy) is 1.